The Morgan fingerprint density at radius 3 is 2.57 bits per heavy atom. The molecule has 14 heavy (non-hydrogen) atoms. The highest BCUT2D eigenvalue weighted by Gasteiger charge is 2.37. The molecule has 2 nitrogen and oxygen atoms in total. The van der Waals surface area contributed by atoms with Gasteiger partial charge in [0.15, 0.2) is 0 Å². The monoisotopic (exact) mass is 212 g/mol. The SMILES string of the molecule is OCc1cc(Cl)ccc1C1(O)CCC1. The lowest BCUT2D eigenvalue weighted by atomic mass is 9.73. The largest absolute Gasteiger partial charge is 0.392 e. The number of aliphatic hydroxyl groups is 2. The van der Waals surface area contributed by atoms with Crippen LogP contribution in [0.4, 0.5) is 0 Å². The molecular formula is C11H13ClO2. The third-order valence-corrected chi connectivity index (χ3v) is 3.15. The van der Waals surface area contributed by atoms with Gasteiger partial charge in [-0.15, -0.1) is 0 Å². The minimum atomic E-state index is -0.720. The van der Waals surface area contributed by atoms with Crippen molar-refractivity contribution in [2.24, 2.45) is 0 Å². The lowest BCUT2D eigenvalue weighted by Gasteiger charge is -2.38. The molecule has 0 spiro atoms. The maximum atomic E-state index is 10.1. The number of aliphatic hydroxyl groups excluding tert-OH is 1. The van der Waals surface area contributed by atoms with Gasteiger partial charge in [0, 0.05) is 5.02 Å². The van der Waals surface area contributed by atoms with E-state index < -0.39 is 5.60 Å². The Hall–Kier alpha value is -0.570. The second-order valence-electron chi connectivity index (χ2n) is 3.84. The topological polar surface area (TPSA) is 40.5 Å². The van der Waals surface area contributed by atoms with Gasteiger partial charge in [-0.05, 0) is 42.5 Å². The Morgan fingerprint density at radius 1 is 1.36 bits per heavy atom. The first-order valence-corrected chi connectivity index (χ1v) is 5.16. The Balaban J connectivity index is 2.41. The fourth-order valence-electron chi connectivity index (χ4n) is 1.93. The van der Waals surface area contributed by atoms with Crippen LogP contribution in [0.25, 0.3) is 0 Å². The van der Waals surface area contributed by atoms with Crippen LogP contribution < -0.4 is 0 Å². The van der Waals surface area contributed by atoms with Crippen LogP contribution in [0.5, 0.6) is 0 Å². The molecule has 0 saturated heterocycles. The van der Waals surface area contributed by atoms with Gasteiger partial charge in [0.1, 0.15) is 0 Å². The van der Waals surface area contributed by atoms with E-state index in [9.17, 15) is 5.11 Å². The van der Waals surface area contributed by atoms with Crippen molar-refractivity contribution in [3.8, 4) is 0 Å². The fraction of sp³-hybridized carbons (Fsp3) is 0.455. The summed E-state index contributed by atoms with van der Waals surface area (Å²) >= 11 is 5.81. The summed E-state index contributed by atoms with van der Waals surface area (Å²) in [6.07, 6.45) is 2.60. The molecule has 0 radical (unpaired) electrons. The number of hydrogen-bond donors (Lipinski definition) is 2. The van der Waals surface area contributed by atoms with Crippen LogP contribution in [0.2, 0.25) is 5.02 Å². The van der Waals surface area contributed by atoms with Gasteiger partial charge in [0.25, 0.3) is 0 Å². The van der Waals surface area contributed by atoms with Gasteiger partial charge in [-0.3, -0.25) is 0 Å². The van der Waals surface area contributed by atoms with Gasteiger partial charge >= 0.3 is 0 Å². The second-order valence-corrected chi connectivity index (χ2v) is 4.28. The van der Waals surface area contributed by atoms with Crippen molar-refractivity contribution < 1.29 is 10.2 Å². The summed E-state index contributed by atoms with van der Waals surface area (Å²) < 4.78 is 0. The van der Waals surface area contributed by atoms with Gasteiger partial charge in [0.2, 0.25) is 0 Å². The minimum absolute atomic E-state index is 0.0712. The van der Waals surface area contributed by atoms with E-state index in [1.807, 2.05) is 6.07 Å². The molecular weight excluding hydrogens is 200 g/mol. The first-order chi connectivity index (χ1) is 6.65. The predicted molar refractivity (Wildman–Crippen MR) is 55.1 cm³/mol. The average Bonchev–Trinajstić information content (AvgIpc) is 2.14. The molecule has 0 unspecified atom stereocenters. The molecule has 0 amide bonds. The second kappa shape index (κ2) is 3.54. The molecule has 1 aromatic rings. The molecule has 1 aliphatic carbocycles. The summed E-state index contributed by atoms with van der Waals surface area (Å²) in [4.78, 5) is 0. The molecule has 0 aromatic heterocycles. The zero-order chi connectivity index (χ0) is 10.2. The lowest BCUT2D eigenvalue weighted by molar-refractivity contribution is -0.0402. The van der Waals surface area contributed by atoms with Crippen molar-refractivity contribution in [3.05, 3.63) is 34.3 Å². The van der Waals surface area contributed by atoms with Crippen LogP contribution in [-0.2, 0) is 12.2 Å². The van der Waals surface area contributed by atoms with E-state index in [0.717, 1.165) is 30.4 Å². The van der Waals surface area contributed by atoms with Gasteiger partial charge in [-0.1, -0.05) is 17.7 Å². The predicted octanol–water partition coefficient (Wildman–Crippen LogP) is 2.20. The lowest BCUT2D eigenvalue weighted by Crippen LogP contribution is -2.34. The summed E-state index contributed by atoms with van der Waals surface area (Å²) in [5.74, 6) is 0. The van der Waals surface area contributed by atoms with Crippen LogP contribution in [0, 0.1) is 0 Å². The maximum absolute atomic E-state index is 10.1. The fourth-order valence-corrected chi connectivity index (χ4v) is 2.12. The van der Waals surface area contributed by atoms with E-state index in [1.54, 1.807) is 12.1 Å². The van der Waals surface area contributed by atoms with Crippen LogP contribution >= 0.6 is 11.6 Å². The van der Waals surface area contributed by atoms with Gasteiger partial charge < -0.3 is 10.2 Å². The standard InChI is InChI=1S/C11H13ClO2/c12-9-2-3-10(8(6-9)7-13)11(14)4-1-5-11/h2-3,6,13-14H,1,4-5,7H2. The molecule has 1 aliphatic rings. The van der Waals surface area contributed by atoms with E-state index in [1.165, 1.54) is 0 Å². The molecule has 1 saturated carbocycles. The van der Waals surface area contributed by atoms with Crippen LogP contribution in [0.15, 0.2) is 18.2 Å². The van der Waals surface area contributed by atoms with Crippen molar-refractivity contribution in [3.63, 3.8) is 0 Å². The average molecular weight is 213 g/mol. The molecule has 1 aromatic carbocycles. The third-order valence-electron chi connectivity index (χ3n) is 2.92. The molecule has 3 heteroatoms. The minimum Gasteiger partial charge on any atom is -0.392 e. The molecule has 0 heterocycles. The van der Waals surface area contributed by atoms with Crippen LogP contribution in [-0.4, -0.2) is 10.2 Å². The van der Waals surface area contributed by atoms with E-state index in [-0.39, 0.29) is 6.61 Å². The Morgan fingerprint density at radius 2 is 2.07 bits per heavy atom. The highest BCUT2D eigenvalue weighted by Crippen LogP contribution is 2.42. The van der Waals surface area contributed by atoms with Crippen molar-refractivity contribution in [1.29, 1.82) is 0 Å². The third kappa shape index (κ3) is 1.54. The van der Waals surface area contributed by atoms with Crippen LogP contribution in [0.1, 0.15) is 30.4 Å². The van der Waals surface area contributed by atoms with Crippen molar-refractivity contribution in [2.75, 3.05) is 0 Å². The summed E-state index contributed by atoms with van der Waals surface area (Å²) in [5.41, 5.74) is 0.846. The van der Waals surface area contributed by atoms with Crippen molar-refractivity contribution in [1.82, 2.24) is 0 Å². The molecule has 76 valence electrons. The van der Waals surface area contributed by atoms with Gasteiger partial charge in [0.05, 0.1) is 12.2 Å². The highest BCUT2D eigenvalue weighted by atomic mass is 35.5. The Labute approximate surface area is 88.1 Å². The number of rotatable bonds is 2. The van der Waals surface area contributed by atoms with E-state index in [4.69, 9.17) is 16.7 Å². The van der Waals surface area contributed by atoms with Gasteiger partial charge in [-0.2, -0.15) is 0 Å². The van der Waals surface area contributed by atoms with E-state index in [2.05, 4.69) is 0 Å². The van der Waals surface area contributed by atoms with E-state index >= 15 is 0 Å². The maximum Gasteiger partial charge on any atom is 0.0900 e. The summed E-state index contributed by atoms with van der Waals surface area (Å²) in [5, 5.41) is 19.9. The van der Waals surface area contributed by atoms with Gasteiger partial charge in [-0.25, -0.2) is 0 Å². The highest BCUT2D eigenvalue weighted by molar-refractivity contribution is 6.30. The molecule has 0 aliphatic heterocycles. The summed E-state index contributed by atoms with van der Waals surface area (Å²) in [7, 11) is 0. The summed E-state index contributed by atoms with van der Waals surface area (Å²) in [6.45, 7) is -0.0712. The first-order valence-electron chi connectivity index (χ1n) is 4.78. The smallest absolute Gasteiger partial charge is 0.0900 e. The van der Waals surface area contributed by atoms with Crippen LogP contribution in [0.3, 0.4) is 0 Å². The quantitative estimate of drug-likeness (QED) is 0.789. The zero-order valence-electron chi connectivity index (χ0n) is 7.83. The van der Waals surface area contributed by atoms with Crippen molar-refractivity contribution in [2.45, 2.75) is 31.5 Å². The molecule has 2 N–H and O–H groups in total. The molecule has 2 rings (SSSR count). The normalized spacial score (nSPS) is 19.1. The Bertz CT molecular complexity index is 345. The molecule has 1 fully saturated rings. The summed E-state index contributed by atoms with van der Waals surface area (Å²) in [6, 6.07) is 5.28. The van der Waals surface area contributed by atoms with Crippen molar-refractivity contribution >= 4 is 11.6 Å². The molecule has 0 bridgehead atoms. The first kappa shape index (κ1) is 9.97. The zero-order valence-corrected chi connectivity index (χ0v) is 8.59. The molecule has 0 atom stereocenters. The number of halogens is 1. The number of hydrogen-bond acceptors (Lipinski definition) is 2. The Kier molecular flexibility index (Phi) is 2.52. The number of benzene rings is 1. The van der Waals surface area contributed by atoms with E-state index in [0.29, 0.717) is 5.02 Å².